The minimum atomic E-state index is -0.0204. The number of amides is 2. The largest absolute Gasteiger partial charge is 0.322 e. The molecule has 3 aromatic rings. The topological polar surface area (TPSA) is 35.6 Å². The van der Waals surface area contributed by atoms with Crippen molar-refractivity contribution in [1.29, 1.82) is 0 Å². The second kappa shape index (κ2) is 9.80. The predicted octanol–water partition coefficient (Wildman–Crippen LogP) is 5.75. The van der Waals surface area contributed by atoms with Crippen molar-refractivity contribution in [3.8, 4) is 0 Å². The molecule has 31 heavy (non-hydrogen) atoms. The zero-order valence-electron chi connectivity index (χ0n) is 18.4. The number of urea groups is 1. The van der Waals surface area contributed by atoms with Crippen LogP contribution in [-0.2, 0) is 0 Å². The van der Waals surface area contributed by atoms with Crippen LogP contribution in [0.5, 0.6) is 0 Å². The summed E-state index contributed by atoms with van der Waals surface area (Å²) in [4.78, 5) is 17.2. The predicted molar refractivity (Wildman–Crippen MR) is 127 cm³/mol. The Morgan fingerprint density at radius 3 is 1.71 bits per heavy atom. The van der Waals surface area contributed by atoms with E-state index in [1.807, 2.05) is 17.0 Å². The Morgan fingerprint density at radius 1 is 0.710 bits per heavy atom. The van der Waals surface area contributed by atoms with E-state index in [1.165, 1.54) is 16.7 Å². The van der Waals surface area contributed by atoms with Crippen LogP contribution >= 0.6 is 0 Å². The van der Waals surface area contributed by atoms with Gasteiger partial charge in [-0.1, -0.05) is 86.6 Å². The third kappa shape index (κ3) is 5.15. The van der Waals surface area contributed by atoms with Crippen LogP contribution in [0.25, 0.3) is 0 Å². The molecule has 0 aliphatic carbocycles. The Morgan fingerprint density at radius 2 is 1.23 bits per heavy atom. The zero-order chi connectivity index (χ0) is 21.6. The third-order valence-corrected chi connectivity index (χ3v) is 6.03. The molecule has 0 unspecified atom stereocenters. The molecule has 1 aliphatic heterocycles. The maximum atomic E-state index is 12.8. The van der Waals surface area contributed by atoms with Gasteiger partial charge in [0, 0.05) is 31.9 Å². The normalized spacial score (nSPS) is 14.8. The fraction of sp³-hybridized carbons (Fsp3) is 0.296. The van der Waals surface area contributed by atoms with Gasteiger partial charge >= 0.3 is 6.03 Å². The van der Waals surface area contributed by atoms with Crippen LogP contribution in [0.1, 0.15) is 42.5 Å². The summed E-state index contributed by atoms with van der Waals surface area (Å²) >= 11 is 0. The molecule has 0 aromatic heterocycles. The van der Waals surface area contributed by atoms with Crippen molar-refractivity contribution in [3.05, 3.63) is 102 Å². The van der Waals surface area contributed by atoms with Gasteiger partial charge in [-0.3, -0.25) is 4.90 Å². The van der Waals surface area contributed by atoms with E-state index in [2.05, 4.69) is 96.9 Å². The minimum Gasteiger partial charge on any atom is -0.322 e. The minimum absolute atomic E-state index is 0.0204. The Labute approximate surface area is 185 Å². The van der Waals surface area contributed by atoms with E-state index >= 15 is 0 Å². The summed E-state index contributed by atoms with van der Waals surface area (Å²) in [5.41, 5.74) is 4.71. The van der Waals surface area contributed by atoms with Gasteiger partial charge in [-0.15, -0.1) is 0 Å². The van der Waals surface area contributed by atoms with Crippen molar-refractivity contribution in [2.45, 2.75) is 25.8 Å². The SMILES string of the molecule is CC(C)c1ccc(NC(=O)N2CCN(C(c3ccccc3)c3ccccc3)CC2)cc1. The number of carbonyl (C=O) groups is 1. The summed E-state index contributed by atoms with van der Waals surface area (Å²) in [6, 6.07) is 29.6. The summed E-state index contributed by atoms with van der Waals surface area (Å²) in [6.45, 7) is 7.46. The van der Waals surface area contributed by atoms with E-state index in [0.717, 1.165) is 18.8 Å². The molecule has 0 spiro atoms. The molecule has 0 radical (unpaired) electrons. The van der Waals surface area contributed by atoms with Crippen LogP contribution in [0, 0.1) is 0 Å². The standard InChI is InChI=1S/C27H31N3O/c1-21(2)22-13-15-25(16-14-22)28-27(31)30-19-17-29(18-20-30)26(23-9-5-3-6-10-23)24-11-7-4-8-12-24/h3-16,21,26H,17-20H2,1-2H3,(H,28,31). The van der Waals surface area contributed by atoms with E-state index in [-0.39, 0.29) is 12.1 Å². The van der Waals surface area contributed by atoms with Crippen molar-refractivity contribution < 1.29 is 4.79 Å². The Balaban J connectivity index is 1.41. The van der Waals surface area contributed by atoms with Gasteiger partial charge in [-0.05, 0) is 34.7 Å². The number of nitrogens with one attached hydrogen (secondary N) is 1. The average molecular weight is 414 g/mol. The average Bonchev–Trinajstić information content (AvgIpc) is 2.81. The van der Waals surface area contributed by atoms with Gasteiger partial charge in [0.25, 0.3) is 0 Å². The van der Waals surface area contributed by atoms with Crippen molar-refractivity contribution in [2.75, 3.05) is 31.5 Å². The Hall–Kier alpha value is -3.11. The highest BCUT2D eigenvalue weighted by molar-refractivity contribution is 5.89. The molecule has 4 rings (SSSR count). The first kappa shape index (κ1) is 21.1. The monoisotopic (exact) mass is 413 g/mol. The fourth-order valence-corrected chi connectivity index (χ4v) is 4.22. The van der Waals surface area contributed by atoms with Crippen molar-refractivity contribution in [2.24, 2.45) is 0 Å². The summed E-state index contributed by atoms with van der Waals surface area (Å²) in [5.74, 6) is 0.486. The van der Waals surface area contributed by atoms with Crippen LogP contribution in [0.4, 0.5) is 10.5 Å². The van der Waals surface area contributed by atoms with Crippen LogP contribution < -0.4 is 5.32 Å². The lowest BCUT2D eigenvalue weighted by molar-refractivity contribution is 0.126. The van der Waals surface area contributed by atoms with Gasteiger partial charge in [0.1, 0.15) is 0 Å². The number of benzene rings is 3. The van der Waals surface area contributed by atoms with Crippen LogP contribution in [0.3, 0.4) is 0 Å². The molecule has 2 amide bonds. The number of anilines is 1. The molecular formula is C27H31N3O. The quantitative estimate of drug-likeness (QED) is 0.578. The van der Waals surface area contributed by atoms with Gasteiger partial charge in [0.15, 0.2) is 0 Å². The maximum Gasteiger partial charge on any atom is 0.321 e. The smallest absolute Gasteiger partial charge is 0.321 e. The van der Waals surface area contributed by atoms with E-state index < -0.39 is 0 Å². The number of nitrogens with zero attached hydrogens (tertiary/aromatic N) is 2. The van der Waals surface area contributed by atoms with Crippen LogP contribution in [-0.4, -0.2) is 42.0 Å². The van der Waals surface area contributed by atoms with E-state index in [9.17, 15) is 4.79 Å². The van der Waals surface area contributed by atoms with Crippen LogP contribution in [0.2, 0.25) is 0 Å². The molecule has 0 atom stereocenters. The van der Waals surface area contributed by atoms with E-state index in [4.69, 9.17) is 0 Å². The maximum absolute atomic E-state index is 12.8. The number of hydrogen-bond donors (Lipinski definition) is 1. The molecule has 1 heterocycles. The highest BCUT2D eigenvalue weighted by Gasteiger charge is 2.28. The number of rotatable bonds is 5. The molecule has 1 aliphatic rings. The number of hydrogen-bond acceptors (Lipinski definition) is 2. The lowest BCUT2D eigenvalue weighted by Crippen LogP contribution is -2.51. The van der Waals surface area contributed by atoms with Gasteiger partial charge in [-0.2, -0.15) is 0 Å². The lowest BCUT2D eigenvalue weighted by atomic mass is 9.96. The Kier molecular flexibility index (Phi) is 6.68. The molecule has 1 saturated heterocycles. The molecule has 4 heteroatoms. The third-order valence-electron chi connectivity index (χ3n) is 6.03. The van der Waals surface area contributed by atoms with Gasteiger partial charge in [-0.25, -0.2) is 4.79 Å². The second-order valence-corrected chi connectivity index (χ2v) is 8.45. The summed E-state index contributed by atoms with van der Waals surface area (Å²) in [7, 11) is 0. The molecule has 160 valence electrons. The van der Waals surface area contributed by atoms with E-state index in [1.54, 1.807) is 0 Å². The first-order valence-corrected chi connectivity index (χ1v) is 11.1. The fourth-order valence-electron chi connectivity index (χ4n) is 4.22. The Bertz CT molecular complexity index is 923. The summed E-state index contributed by atoms with van der Waals surface area (Å²) in [5, 5.41) is 3.05. The van der Waals surface area contributed by atoms with Crippen molar-refractivity contribution in [3.63, 3.8) is 0 Å². The molecule has 1 N–H and O–H groups in total. The summed E-state index contributed by atoms with van der Waals surface area (Å²) < 4.78 is 0. The van der Waals surface area contributed by atoms with Crippen molar-refractivity contribution in [1.82, 2.24) is 9.80 Å². The van der Waals surface area contributed by atoms with Crippen LogP contribution in [0.15, 0.2) is 84.9 Å². The van der Waals surface area contributed by atoms with E-state index in [0.29, 0.717) is 19.0 Å². The molecular weight excluding hydrogens is 382 g/mol. The summed E-state index contributed by atoms with van der Waals surface area (Å²) in [6.07, 6.45) is 0. The zero-order valence-corrected chi connectivity index (χ0v) is 18.4. The van der Waals surface area contributed by atoms with Gasteiger partial charge < -0.3 is 10.2 Å². The first-order valence-electron chi connectivity index (χ1n) is 11.1. The van der Waals surface area contributed by atoms with Gasteiger partial charge in [0.2, 0.25) is 0 Å². The molecule has 3 aromatic carbocycles. The van der Waals surface area contributed by atoms with Gasteiger partial charge in [0.05, 0.1) is 6.04 Å². The number of piperazine rings is 1. The molecule has 4 nitrogen and oxygen atoms in total. The number of carbonyl (C=O) groups excluding carboxylic acids is 1. The molecule has 0 bridgehead atoms. The lowest BCUT2D eigenvalue weighted by Gasteiger charge is -2.39. The second-order valence-electron chi connectivity index (χ2n) is 8.45. The molecule has 0 saturated carbocycles. The highest BCUT2D eigenvalue weighted by Crippen LogP contribution is 2.29. The van der Waals surface area contributed by atoms with Crippen molar-refractivity contribution >= 4 is 11.7 Å². The molecule has 1 fully saturated rings. The highest BCUT2D eigenvalue weighted by atomic mass is 16.2. The first-order chi connectivity index (χ1) is 15.1.